The van der Waals surface area contributed by atoms with Gasteiger partial charge in [0.1, 0.15) is 45.0 Å². The van der Waals surface area contributed by atoms with Gasteiger partial charge in [0.25, 0.3) is 0 Å². The van der Waals surface area contributed by atoms with Crippen molar-refractivity contribution < 1.29 is 34.7 Å². The molecule has 0 aliphatic heterocycles. The van der Waals surface area contributed by atoms with Crippen LogP contribution in [0.3, 0.4) is 0 Å². The minimum Gasteiger partial charge on any atom is -0.461 e. The summed E-state index contributed by atoms with van der Waals surface area (Å²) in [5, 5.41) is 0. The maximum atomic E-state index is 5.89. The van der Waals surface area contributed by atoms with Gasteiger partial charge in [0.05, 0.1) is 0 Å². The second-order valence-electron chi connectivity index (χ2n) is 10.2. The number of hydrogen-bond donors (Lipinski definition) is 0. The molecule has 2 aliphatic carbocycles. The van der Waals surface area contributed by atoms with Gasteiger partial charge in [0.15, 0.2) is 0 Å². The molecule has 7 heteroatoms. The van der Waals surface area contributed by atoms with Crippen molar-refractivity contribution in [3.05, 3.63) is 71.6 Å². The first kappa shape index (κ1) is 28.5. The standard InChI is InChI=1S/2C15H19O2P.Fe/c2*1-11-7-9-14(16-11)18(13-5-3-4-6-13)15-10-8-12(2)17-15;/h2*7-10,13H,3-6H2,1-2H3;. The molecular weight excluding hydrogens is 542 g/mol. The fourth-order valence-electron chi connectivity index (χ4n) is 5.47. The van der Waals surface area contributed by atoms with E-state index in [1.165, 1.54) is 51.4 Å². The van der Waals surface area contributed by atoms with Crippen molar-refractivity contribution in [3.8, 4) is 0 Å². The van der Waals surface area contributed by atoms with Crippen LogP contribution >= 0.6 is 15.8 Å². The minimum absolute atomic E-state index is 0. The van der Waals surface area contributed by atoms with Crippen LogP contribution in [0.1, 0.15) is 74.4 Å². The third-order valence-corrected chi connectivity index (χ3v) is 12.6. The van der Waals surface area contributed by atoms with Gasteiger partial charge < -0.3 is 17.7 Å². The Morgan fingerprint density at radius 2 is 0.703 bits per heavy atom. The summed E-state index contributed by atoms with van der Waals surface area (Å²) in [6.07, 6.45) is 10.6. The van der Waals surface area contributed by atoms with Crippen molar-refractivity contribution in [2.75, 3.05) is 0 Å². The molecule has 0 aromatic carbocycles. The maximum absolute atomic E-state index is 5.89. The van der Waals surface area contributed by atoms with E-state index in [2.05, 4.69) is 48.5 Å². The summed E-state index contributed by atoms with van der Waals surface area (Å²) >= 11 is 0. The number of rotatable bonds is 6. The Bertz CT molecular complexity index is 1060. The second kappa shape index (κ2) is 13.0. The Kier molecular flexibility index (Phi) is 10.0. The van der Waals surface area contributed by atoms with Crippen molar-refractivity contribution in [1.29, 1.82) is 0 Å². The first-order valence-electron chi connectivity index (χ1n) is 13.3. The third kappa shape index (κ3) is 6.93. The molecule has 0 saturated heterocycles. The summed E-state index contributed by atoms with van der Waals surface area (Å²) in [6, 6.07) is 16.8. The predicted octanol–water partition coefficient (Wildman–Crippen LogP) is 7.73. The first-order valence-corrected chi connectivity index (χ1v) is 16.1. The van der Waals surface area contributed by atoms with Crippen LogP contribution in [0.4, 0.5) is 0 Å². The Morgan fingerprint density at radius 1 is 0.459 bits per heavy atom. The fraction of sp³-hybridized carbons (Fsp3) is 0.467. The van der Waals surface area contributed by atoms with Gasteiger partial charge in [-0.1, -0.05) is 25.7 Å². The van der Waals surface area contributed by atoms with Crippen LogP contribution in [0.15, 0.2) is 66.2 Å². The molecule has 200 valence electrons. The van der Waals surface area contributed by atoms with Crippen LogP contribution in [0, 0.1) is 27.7 Å². The second-order valence-corrected chi connectivity index (χ2v) is 14.9. The SMILES string of the molecule is Cc1ccc(P(c2ccc(C)o2)C2CCCC2)o1.Cc1ccc(P(c2ccc(C)o2)C2CCCC2)o1.[Fe]. The Morgan fingerprint density at radius 3 is 0.892 bits per heavy atom. The van der Waals surface area contributed by atoms with Crippen LogP contribution in [-0.2, 0) is 17.1 Å². The van der Waals surface area contributed by atoms with Crippen LogP contribution < -0.4 is 22.0 Å². The van der Waals surface area contributed by atoms with E-state index in [9.17, 15) is 0 Å². The third-order valence-electron chi connectivity index (χ3n) is 7.23. The number of furan rings is 4. The molecule has 0 amide bonds. The quantitative estimate of drug-likeness (QED) is 0.173. The van der Waals surface area contributed by atoms with Gasteiger partial charge in [-0.3, -0.25) is 0 Å². The Labute approximate surface area is 233 Å². The molecule has 4 aromatic rings. The molecule has 4 aromatic heterocycles. The van der Waals surface area contributed by atoms with E-state index in [1.807, 2.05) is 27.7 Å². The van der Waals surface area contributed by atoms with Crippen LogP contribution in [-0.4, -0.2) is 11.3 Å². The minimum atomic E-state index is -0.444. The monoisotopic (exact) mass is 580 g/mol. The average molecular weight is 580 g/mol. The molecule has 0 atom stereocenters. The van der Waals surface area contributed by atoms with Crippen LogP contribution in [0.2, 0.25) is 0 Å². The summed E-state index contributed by atoms with van der Waals surface area (Å²) < 4.78 is 23.6. The molecule has 0 bridgehead atoms. The van der Waals surface area contributed by atoms with Crippen LogP contribution in [0.25, 0.3) is 0 Å². The van der Waals surface area contributed by atoms with Gasteiger partial charge >= 0.3 is 0 Å². The average Bonchev–Trinajstić information content (AvgIpc) is 3.66. The van der Waals surface area contributed by atoms with E-state index in [0.29, 0.717) is 0 Å². The van der Waals surface area contributed by atoms with Gasteiger partial charge in [0.2, 0.25) is 0 Å². The van der Waals surface area contributed by atoms with E-state index in [-0.39, 0.29) is 17.1 Å². The Hall–Kier alpha value is -1.50. The number of aryl methyl sites for hydroxylation is 4. The summed E-state index contributed by atoms with van der Waals surface area (Å²) in [4.78, 5) is 0. The molecule has 37 heavy (non-hydrogen) atoms. The van der Waals surface area contributed by atoms with Crippen molar-refractivity contribution >= 4 is 37.8 Å². The zero-order valence-electron chi connectivity index (χ0n) is 22.3. The molecule has 6 rings (SSSR count). The van der Waals surface area contributed by atoms with Crippen molar-refractivity contribution in [1.82, 2.24) is 0 Å². The molecule has 0 unspecified atom stereocenters. The largest absolute Gasteiger partial charge is 0.461 e. The van der Waals surface area contributed by atoms with Gasteiger partial charge in [-0.05, 0) is 113 Å². The zero-order valence-corrected chi connectivity index (χ0v) is 25.2. The van der Waals surface area contributed by atoms with E-state index >= 15 is 0 Å². The van der Waals surface area contributed by atoms with Gasteiger partial charge in [-0.15, -0.1) is 0 Å². The molecule has 0 N–H and O–H groups in total. The molecule has 4 nitrogen and oxygen atoms in total. The van der Waals surface area contributed by atoms with Crippen LogP contribution in [0.5, 0.6) is 0 Å². The van der Waals surface area contributed by atoms with Gasteiger partial charge in [-0.25, -0.2) is 0 Å². The molecule has 2 fully saturated rings. The van der Waals surface area contributed by atoms with Gasteiger partial charge in [0, 0.05) is 32.9 Å². The van der Waals surface area contributed by atoms with Crippen molar-refractivity contribution in [3.63, 3.8) is 0 Å². The topological polar surface area (TPSA) is 52.6 Å². The summed E-state index contributed by atoms with van der Waals surface area (Å²) in [5.74, 6) is 4.00. The molecule has 0 radical (unpaired) electrons. The first-order chi connectivity index (χ1) is 17.5. The summed E-state index contributed by atoms with van der Waals surface area (Å²) in [6.45, 7) is 8.05. The summed E-state index contributed by atoms with van der Waals surface area (Å²) in [5.41, 5.74) is 5.98. The van der Waals surface area contributed by atoms with E-state index in [0.717, 1.165) is 56.4 Å². The summed E-state index contributed by atoms with van der Waals surface area (Å²) in [7, 11) is -0.887. The maximum Gasteiger partial charge on any atom is 0.133 e. The van der Waals surface area contributed by atoms with E-state index in [1.54, 1.807) is 0 Å². The molecular formula is C30H38FeO4P2. The molecule has 4 heterocycles. The van der Waals surface area contributed by atoms with Gasteiger partial charge in [-0.2, -0.15) is 0 Å². The van der Waals surface area contributed by atoms with E-state index in [4.69, 9.17) is 17.7 Å². The fourth-order valence-corrected chi connectivity index (χ4v) is 11.0. The smallest absolute Gasteiger partial charge is 0.133 e. The molecule has 2 saturated carbocycles. The molecule has 2 aliphatic rings. The van der Waals surface area contributed by atoms with Crippen molar-refractivity contribution in [2.24, 2.45) is 0 Å². The predicted molar refractivity (Wildman–Crippen MR) is 151 cm³/mol. The Balaban J connectivity index is 0.000000168. The van der Waals surface area contributed by atoms with Crippen molar-refractivity contribution in [2.45, 2.75) is 90.4 Å². The van der Waals surface area contributed by atoms with E-state index < -0.39 is 15.8 Å². The number of hydrogen-bond acceptors (Lipinski definition) is 4. The zero-order chi connectivity index (χ0) is 25.1. The normalized spacial score (nSPS) is 16.4. The molecule has 0 spiro atoms.